The Kier molecular flexibility index (Phi) is 5.46. The van der Waals surface area contributed by atoms with Gasteiger partial charge in [-0.05, 0) is 42.3 Å². The maximum atomic E-state index is 12.6. The van der Waals surface area contributed by atoms with Crippen molar-refractivity contribution in [3.63, 3.8) is 0 Å². The number of amides is 2. The number of fused-ring (bicyclic) bond motifs is 1. The van der Waals surface area contributed by atoms with Crippen LogP contribution in [0.25, 0.3) is 0 Å². The standard InChI is InChI=1S/C19H20BrN3O5/c1-19(2,3)28-18(26)23-11-21-17(25)14-16(15(24)13(20)9-22(14)23)27-10-12-7-5-4-6-8-12/h4-9H,10-11H2,1-3H3,(H,21,25). The van der Waals surface area contributed by atoms with E-state index in [1.54, 1.807) is 20.8 Å². The van der Waals surface area contributed by atoms with Gasteiger partial charge in [0, 0.05) is 6.20 Å². The summed E-state index contributed by atoms with van der Waals surface area (Å²) in [6.07, 6.45) is 0.689. The molecule has 0 spiro atoms. The Labute approximate surface area is 170 Å². The van der Waals surface area contributed by atoms with Gasteiger partial charge in [0.25, 0.3) is 5.91 Å². The van der Waals surface area contributed by atoms with Gasteiger partial charge in [-0.2, -0.15) is 5.01 Å². The summed E-state index contributed by atoms with van der Waals surface area (Å²) in [5, 5.41) is 3.75. The van der Waals surface area contributed by atoms with E-state index in [1.165, 1.54) is 15.9 Å². The maximum absolute atomic E-state index is 12.6. The maximum Gasteiger partial charge on any atom is 0.431 e. The third-order valence-corrected chi connectivity index (χ3v) is 4.36. The molecule has 1 N–H and O–H groups in total. The van der Waals surface area contributed by atoms with Crippen molar-refractivity contribution in [1.29, 1.82) is 0 Å². The van der Waals surface area contributed by atoms with Crippen molar-refractivity contribution in [2.45, 2.75) is 33.0 Å². The van der Waals surface area contributed by atoms with E-state index < -0.39 is 23.0 Å². The second kappa shape index (κ2) is 7.67. The van der Waals surface area contributed by atoms with Crippen LogP contribution < -0.4 is 20.5 Å². The molecule has 1 aliphatic heterocycles. The minimum Gasteiger partial charge on any atom is -0.482 e. The van der Waals surface area contributed by atoms with E-state index in [2.05, 4.69) is 21.2 Å². The Bertz CT molecular complexity index is 966. The number of nitrogens with one attached hydrogen (secondary N) is 1. The van der Waals surface area contributed by atoms with E-state index in [9.17, 15) is 14.4 Å². The van der Waals surface area contributed by atoms with Crippen molar-refractivity contribution in [2.75, 3.05) is 11.7 Å². The summed E-state index contributed by atoms with van der Waals surface area (Å²) in [7, 11) is 0. The molecular weight excluding hydrogens is 430 g/mol. The first kappa shape index (κ1) is 19.9. The largest absolute Gasteiger partial charge is 0.482 e. The molecule has 0 unspecified atom stereocenters. The Morgan fingerprint density at radius 3 is 2.54 bits per heavy atom. The lowest BCUT2D eigenvalue weighted by Gasteiger charge is -2.33. The minimum atomic E-state index is -0.721. The van der Waals surface area contributed by atoms with Crippen LogP contribution in [-0.4, -0.2) is 28.9 Å². The van der Waals surface area contributed by atoms with Gasteiger partial charge in [0.15, 0.2) is 11.4 Å². The molecule has 0 aliphatic carbocycles. The monoisotopic (exact) mass is 449 g/mol. The predicted molar refractivity (Wildman–Crippen MR) is 106 cm³/mol. The number of hydrogen-bond acceptors (Lipinski definition) is 5. The van der Waals surface area contributed by atoms with Crippen molar-refractivity contribution in [3.05, 3.63) is 62.5 Å². The van der Waals surface area contributed by atoms with Crippen molar-refractivity contribution in [3.8, 4) is 5.75 Å². The molecule has 2 amide bonds. The van der Waals surface area contributed by atoms with E-state index in [0.717, 1.165) is 5.56 Å². The fraction of sp³-hybridized carbons (Fsp3) is 0.316. The zero-order valence-corrected chi connectivity index (χ0v) is 17.3. The SMILES string of the molecule is CC(C)(C)OC(=O)N1CNC(=O)c2c(OCc3ccccc3)c(=O)c(Br)cn21. The lowest BCUT2D eigenvalue weighted by Crippen LogP contribution is -2.56. The lowest BCUT2D eigenvalue weighted by molar-refractivity contribution is 0.0520. The molecule has 2 aromatic rings. The molecule has 0 saturated carbocycles. The Hall–Kier alpha value is -2.81. The smallest absolute Gasteiger partial charge is 0.431 e. The molecule has 0 bridgehead atoms. The summed E-state index contributed by atoms with van der Waals surface area (Å²) in [6, 6.07) is 9.24. The number of hydrogen-bond donors (Lipinski definition) is 1. The average molecular weight is 450 g/mol. The van der Waals surface area contributed by atoms with Crippen LogP contribution in [0.5, 0.6) is 5.75 Å². The number of ether oxygens (including phenoxy) is 2. The zero-order valence-electron chi connectivity index (χ0n) is 15.7. The Morgan fingerprint density at radius 1 is 1.21 bits per heavy atom. The van der Waals surface area contributed by atoms with Gasteiger partial charge in [-0.1, -0.05) is 30.3 Å². The summed E-state index contributed by atoms with van der Waals surface area (Å²) in [4.78, 5) is 37.7. The van der Waals surface area contributed by atoms with Crippen LogP contribution in [0.2, 0.25) is 0 Å². The predicted octanol–water partition coefficient (Wildman–Crippen LogP) is 2.76. The van der Waals surface area contributed by atoms with Crippen molar-refractivity contribution in [2.24, 2.45) is 0 Å². The topological polar surface area (TPSA) is 89.9 Å². The fourth-order valence-electron chi connectivity index (χ4n) is 2.59. The van der Waals surface area contributed by atoms with Crippen LogP contribution in [-0.2, 0) is 11.3 Å². The van der Waals surface area contributed by atoms with Crippen LogP contribution in [0.15, 0.2) is 45.8 Å². The molecular formula is C19H20BrN3O5. The van der Waals surface area contributed by atoms with Crippen LogP contribution >= 0.6 is 15.9 Å². The molecule has 28 heavy (non-hydrogen) atoms. The van der Waals surface area contributed by atoms with Crippen LogP contribution in [0, 0.1) is 0 Å². The molecule has 9 heteroatoms. The molecule has 0 atom stereocenters. The number of rotatable bonds is 3. The Balaban J connectivity index is 2.01. The van der Waals surface area contributed by atoms with Gasteiger partial charge in [0.1, 0.15) is 18.9 Å². The first-order valence-electron chi connectivity index (χ1n) is 8.58. The zero-order chi connectivity index (χ0) is 20.5. The molecule has 0 fully saturated rings. The molecule has 3 rings (SSSR count). The average Bonchev–Trinajstić information content (AvgIpc) is 2.62. The molecule has 148 valence electrons. The van der Waals surface area contributed by atoms with Crippen LogP contribution in [0.1, 0.15) is 36.8 Å². The first-order chi connectivity index (χ1) is 13.2. The normalized spacial score (nSPS) is 13.6. The lowest BCUT2D eigenvalue weighted by atomic mass is 10.2. The van der Waals surface area contributed by atoms with Crippen LogP contribution in [0.4, 0.5) is 4.79 Å². The van der Waals surface area contributed by atoms with Gasteiger partial charge in [-0.3, -0.25) is 9.59 Å². The minimum absolute atomic E-state index is 0.0683. The molecule has 1 aliphatic rings. The molecule has 0 radical (unpaired) electrons. The molecule has 0 saturated heterocycles. The molecule has 8 nitrogen and oxygen atoms in total. The highest BCUT2D eigenvalue weighted by molar-refractivity contribution is 9.10. The third kappa shape index (κ3) is 4.19. The molecule has 1 aromatic heterocycles. The van der Waals surface area contributed by atoms with Gasteiger partial charge in [0.05, 0.1) is 4.47 Å². The summed E-state index contributed by atoms with van der Waals surface area (Å²) in [5.41, 5.74) is -0.438. The first-order valence-corrected chi connectivity index (χ1v) is 9.37. The van der Waals surface area contributed by atoms with Gasteiger partial charge in [0.2, 0.25) is 5.43 Å². The summed E-state index contributed by atoms with van der Waals surface area (Å²) in [6.45, 7) is 5.21. The number of benzene rings is 1. The number of halogens is 1. The van der Waals surface area contributed by atoms with E-state index in [1.807, 2.05) is 30.3 Å². The van der Waals surface area contributed by atoms with Crippen molar-refractivity contribution < 1.29 is 19.1 Å². The van der Waals surface area contributed by atoms with E-state index in [4.69, 9.17) is 9.47 Å². The second-order valence-electron chi connectivity index (χ2n) is 7.15. The third-order valence-electron chi connectivity index (χ3n) is 3.80. The van der Waals surface area contributed by atoms with Gasteiger partial charge in [-0.15, -0.1) is 0 Å². The van der Waals surface area contributed by atoms with E-state index in [0.29, 0.717) is 0 Å². The summed E-state index contributed by atoms with van der Waals surface area (Å²) in [5.74, 6) is -0.670. The van der Waals surface area contributed by atoms with E-state index in [-0.39, 0.29) is 29.2 Å². The fourth-order valence-corrected chi connectivity index (χ4v) is 2.96. The molecule has 2 heterocycles. The highest BCUT2D eigenvalue weighted by atomic mass is 79.9. The van der Waals surface area contributed by atoms with Crippen LogP contribution in [0.3, 0.4) is 0 Å². The quantitative estimate of drug-likeness (QED) is 0.777. The highest BCUT2D eigenvalue weighted by Gasteiger charge is 2.33. The van der Waals surface area contributed by atoms with Gasteiger partial charge >= 0.3 is 6.09 Å². The number of pyridine rings is 1. The Morgan fingerprint density at radius 2 is 1.89 bits per heavy atom. The van der Waals surface area contributed by atoms with Crippen molar-refractivity contribution in [1.82, 2.24) is 9.99 Å². The molecule has 1 aromatic carbocycles. The summed E-state index contributed by atoms with van der Waals surface area (Å²) >= 11 is 3.19. The van der Waals surface area contributed by atoms with Gasteiger partial charge in [-0.25, -0.2) is 9.47 Å². The number of carbonyl (C=O) groups is 2. The number of nitrogens with zero attached hydrogens (tertiary/aromatic N) is 2. The number of carbonyl (C=O) groups excluding carboxylic acids is 2. The highest BCUT2D eigenvalue weighted by Crippen LogP contribution is 2.23. The second-order valence-corrected chi connectivity index (χ2v) is 8.00. The summed E-state index contributed by atoms with van der Waals surface area (Å²) < 4.78 is 12.5. The van der Waals surface area contributed by atoms with Gasteiger partial charge < -0.3 is 14.8 Å². The van der Waals surface area contributed by atoms with Crippen molar-refractivity contribution >= 4 is 27.9 Å². The number of aromatic nitrogens is 1. The van der Waals surface area contributed by atoms with E-state index >= 15 is 0 Å².